The van der Waals surface area contributed by atoms with E-state index in [-0.39, 0.29) is 23.8 Å². The highest BCUT2D eigenvalue weighted by Gasteiger charge is 2.55. The molecule has 11 nitrogen and oxygen atoms in total. The monoisotopic (exact) mass is 700 g/mol. The van der Waals surface area contributed by atoms with Crippen LogP contribution >= 0.6 is 0 Å². The van der Waals surface area contributed by atoms with E-state index in [0.29, 0.717) is 49.4 Å². The second-order valence-electron chi connectivity index (χ2n) is 15.7. The van der Waals surface area contributed by atoms with Gasteiger partial charge in [-0.1, -0.05) is 24.6 Å². The summed E-state index contributed by atoms with van der Waals surface area (Å²) in [5.41, 5.74) is 7.26. The lowest BCUT2D eigenvalue weighted by Crippen LogP contribution is -2.58. The fourth-order valence-electron chi connectivity index (χ4n) is 9.29. The van der Waals surface area contributed by atoms with E-state index in [4.69, 9.17) is 9.97 Å². The number of carbonyl (C=O) groups is 3. The van der Waals surface area contributed by atoms with Crippen LogP contribution in [0.3, 0.4) is 0 Å². The molecule has 5 aliphatic rings. The van der Waals surface area contributed by atoms with Gasteiger partial charge in [0.05, 0.1) is 23.0 Å². The van der Waals surface area contributed by atoms with Crippen molar-refractivity contribution in [2.45, 2.75) is 95.2 Å². The highest BCUT2D eigenvalue weighted by Crippen LogP contribution is 2.52. The van der Waals surface area contributed by atoms with Crippen LogP contribution in [0.1, 0.15) is 92.2 Å². The second-order valence-corrected chi connectivity index (χ2v) is 15.7. The number of rotatable bonds is 7. The number of aromatic nitrogens is 3. The molecule has 9 rings (SSSR count). The zero-order valence-electron chi connectivity index (χ0n) is 30.5. The Morgan fingerprint density at radius 1 is 0.904 bits per heavy atom. The third kappa shape index (κ3) is 5.47. The van der Waals surface area contributed by atoms with E-state index in [2.05, 4.69) is 49.3 Å². The number of pyridine rings is 1. The van der Waals surface area contributed by atoms with Gasteiger partial charge in [0, 0.05) is 67.7 Å². The molecule has 2 N–H and O–H groups in total. The van der Waals surface area contributed by atoms with Crippen LogP contribution in [-0.4, -0.2) is 87.4 Å². The first-order valence-electron chi connectivity index (χ1n) is 19.2. The maximum atomic E-state index is 14.7. The molecule has 0 atom stereocenters. The normalized spacial score (nSPS) is 22.8. The molecule has 270 valence electrons. The molecule has 3 amide bonds. The summed E-state index contributed by atoms with van der Waals surface area (Å²) in [6.07, 6.45) is 11.2. The van der Waals surface area contributed by atoms with Gasteiger partial charge in [-0.15, -0.1) is 0 Å². The number of anilines is 3. The summed E-state index contributed by atoms with van der Waals surface area (Å²) in [5, 5.41) is 6.31. The van der Waals surface area contributed by atoms with Crippen molar-refractivity contribution < 1.29 is 14.4 Å². The third-order valence-corrected chi connectivity index (χ3v) is 12.6. The average Bonchev–Trinajstić information content (AvgIpc) is 3.86. The van der Waals surface area contributed by atoms with Crippen LogP contribution in [0.2, 0.25) is 0 Å². The van der Waals surface area contributed by atoms with Gasteiger partial charge in [0.15, 0.2) is 5.82 Å². The largest absolute Gasteiger partial charge is 0.355 e. The third-order valence-electron chi connectivity index (χ3n) is 12.6. The summed E-state index contributed by atoms with van der Waals surface area (Å²) in [6, 6.07) is 15.4. The van der Waals surface area contributed by atoms with Crippen molar-refractivity contribution in [3.63, 3.8) is 0 Å². The smallest absolute Gasteiger partial charge is 0.251 e. The van der Waals surface area contributed by atoms with Crippen LogP contribution in [0.25, 0.3) is 22.3 Å². The number of hydrogen-bond acceptors (Lipinski definition) is 7. The number of piperidine rings is 2. The minimum Gasteiger partial charge on any atom is -0.355 e. The summed E-state index contributed by atoms with van der Waals surface area (Å²) in [7, 11) is 1.64. The molecule has 2 aromatic heterocycles. The first-order valence-corrected chi connectivity index (χ1v) is 19.2. The predicted molar refractivity (Wildman–Crippen MR) is 202 cm³/mol. The maximum absolute atomic E-state index is 14.7. The summed E-state index contributed by atoms with van der Waals surface area (Å²) in [6.45, 7) is 7.06. The van der Waals surface area contributed by atoms with E-state index in [9.17, 15) is 14.4 Å². The van der Waals surface area contributed by atoms with Crippen molar-refractivity contribution in [1.29, 1.82) is 0 Å². The number of nitrogens with one attached hydrogen (secondary N) is 2. The molecule has 11 heteroatoms. The molecule has 1 spiro atoms. The Morgan fingerprint density at radius 2 is 1.67 bits per heavy atom. The van der Waals surface area contributed by atoms with Crippen molar-refractivity contribution in [3.8, 4) is 11.3 Å². The number of likely N-dealkylation sites (tertiary alicyclic amines) is 2. The highest BCUT2D eigenvalue weighted by molar-refractivity contribution is 6.09. The van der Waals surface area contributed by atoms with Gasteiger partial charge in [-0.25, -0.2) is 9.97 Å². The number of hydrogen-bond donors (Lipinski definition) is 2. The molecule has 4 aromatic rings. The Labute approximate surface area is 304 Å². The number of amides is 3. The van der Waals surface area contributed by atoms with Gasteiger partial charge >= 0.3 is 0 Å². The topological polar surface area (TPSA) is 116 Å². The molecule has 4 fully saturated rings. The van der Waals surface area contributed by atoms with Gasteiger partial charge in [0.2, 0.25) is 11.8 Å². The number of benzene rings is 2. The van der Waals surface area contributed by atoms with Crippen LogP contribution in [0.5, 0.6) is 0 Å². The number of fused-ring (bicyclic) bond motifs is 3. The highest BCUT2D eigenvalue weighted by atomic mass is 16.2. The molecular formula is C41H48N8O3. The van der Waals surface area contributed by atoms with E-state index in [1.165, 1.54) is 19.3 Å². The fraction of sp³-hybridized carbons (Fsp3) is 0.488. The first-order chi connectivity index (χ1) is 25.2. The lowest BCUT2D eigenvalue weighted by atomic mass is 9.73. The number of carbonyl (C=O) groups excluding carboxylic acids is 3. The number of aryl methyl sites for hydroxylation is 1. The Bertz CT molecular complexity index is 2080. The van der Waals surface area contributed by atoms with Crippen molar-refractivity contribution in [3.05, 3.63) is 65.5 Å². The van der Waals surface area contributed by atoms with Crippen molar-refractivity contribution in [1.82, 2.24) is 29.7 Å². The Hall–Kier alpha value is -4.77. The fourth-order valence-corrected chi connectivity index (χ4v) is 9.29. The summed E-state index contributed by atoms with van der Waals surface area (Å²) < 4.78 is 2.22. The summed E-state index contributed by atoms with van der Waals surface area (Å²) >= 11 is 0. The van der Waals surface area contributed by atoms with Crippen LogP contribution in [-0.2, 0) is 15.0 Å². The van der Waals surface area contributed by atoms with Crippen molar-refractivity contribution in [2.24, 2.45) is 0 Å². The standard InChI is InChI=1S/C41H48N8O3/c1-25-7-9-28(20-32(25)39(51)42-3)44-38-37-35(43-24-48(37)29-10-11-29)23-34(45-38)27-8-12-33-36(19-27)49(31-21-30(22-31)47-15-5-4-6-16-47)40(52)41(33)13-17-46(18-14-41)26(2)50/h7-9,12,19-20,23-24,29-31H,4-6,10-11,13-18,21-22H2,1-3H3,(H,42,51)(H,44,45)/t30-,31+. The number of nitrogens with zero attached hydrogens (tertiary/aromatic N) is 6. The SMILES string of the molecule is CNC(=O)c1cc(Nc2nc(-c3ccc4c(c3)N([C@H]3C[C@@H](N5CCCCC5)C3)C(=O)C43CCN(C(C)=O)CC3)cc3ncn(C4CC4)c23)ccc1C. The lowest BCUT2D eigenvalue weighted by molar-refractivity contribution is -0.134. The van der Waals surface area contributed by atoms with Gasteiger partial charge in [-0.05, 0) is 107 Å². The summed E-state index contributed by atoms with van der Waals surface area (Å²) in [5.74, 6) is 0.826. The molecule has 0 unspecified atom stereocenters. The van der Waals surface area contributed by atoms with Crippen LogP contribution in [0, 0.1) is 6.92 Å². The predicted octanol–water partition coefficient (Wildman–Crippen LogP) is 6.09. The first kappa shape index (κ1) is 33.1. The minimum atomic E-state index is -0.614. The molecule has 52 heavy (non-hydrogen) atoms. The van der Waals surface area contributed by atoms with Gasteiger partial charge in [-0.3, -0.25) is 14.4 Å². The Balaban J connectivity index is 1.10. The van der Waals surface area contributed by atoms with E-state index >= 15 is 0 Å². The number of imidazole rings is 1. The van der Waals surface area contributed by atoms with Gasteiger partial charge < -0.3 is 29.9 Å². The van der Waals surface area contributed by atoms with Gasteiger partial charge in [0.1, 0.15) is 5.52 Å². The molecule has 5 heterocycles. The van der Waals surface area contributed by atoms with Crippen molar-refractivity contribution in [2.75, 3.05) is 43.4 Å². The molecule has 3 aliphatic heterocycles. The van der Waals surface area contributed by atoms with Crippen LogP contribution in [0.15, 0.2) is 48.8 Å². The molecule has 0 radical (unpaired) electrons. The molecule has 2 saturated heterocycles. The minimum absolute atomic E-state index is 0.0709. The van der Waals surface area contributed by atoms with E-state index in [0.717, 1.165) is 83.6 Å². The van der Waals surface area contributed by atoms with Crippen LogP contribution in [0.4, 0.5) is 17.2 Å². The van der Waals surface area contributed by atoms with Gasteiger partial charge in [-0.2, -0.15) is 0 Å². The summed E-state index contributed by atoms with van der Waals surface area (Å²) in [4.78, 5) is 56.5. The maximum Gasteiger partial charge on any atom is 0.251 e. The molecule has 2 saturated carbocycles. The van der Waals surface area contributed by atoms with Crippen LogP contribution < -0.4 is 15.5 Å². The van der Waals surface area contributed by atoms with Gasteiger partial charge in [0.25, 0.3) is 5.91 Å². The quantitative estimate of drug-likeness (QED) is 0.240. The lowest BCUT2D eigenvalue weighted by Gasteiger charge is -2.48. The molecule has 0 bridgehead atoms. The molecular weight excluding hydrogens is 653 g/mol. The van der Waals surface area contributed by atoms with E-state index in [1.807, 2.05) is 36.4 Å². The average molecular weight is 701 g/mol. The zero-order chi connectivity index (χ0) is 35.7. The second kappa shape index (κ2) is 12.7. The molecule has 2 aromatic carbocycles. The Kier molecular flexibility index (Phi) is 8.09. The van der Waals surface area contributed by atoms with E-state index < -0.39 is 5.41 Å². The van der Waals surface area contributed by atoms with E-state index in [1.54, 1.807) is 14.0 Å². The zero-order valence-corrected chi connectivity index (χ0v) is 30.5. The molecule has 2 aliphatic carbocycles. The Morgan fingerprint density at radius 3 is 2.38 bits per heavy atom. The van der Waals surface area contributed by atoms with Crippen molar-refractivity contribution >= 4 is 45.9 Å².